The topological polar surface area (TPSA) is 72.5 Å². The van der Waals surface area contributed by atoms with Gasteiger partial charge in [0.15, 0.2) is 12.4 Å². The summed E-state index contributed by atoms with van der Waals surface area (Å²) in [5.74, 6) is -0.958. The van der Waals surface area contributed by atoms with Gasteiger partial charge >= 0.3 is 5.97 Å². The quantitative estimate of drug-likeness (QED) is 0.450. The zero-order chi connectivity index (χ0) is 17.4. The predicted octanol–water partition coefficient (Wildman–Crippen LogP) is 3.75. The summed E-state index contributed by atoms with van der Waals surface area (Å²) in [4.78, 5) is 35.9. The van der Waals surface area contributed by atoms with Crippen molar-refractivity contribution in [3.8, 4) is 0 Å². The van der Waals surface area contributed by atoms with Crippen molar-refractivity contribution in [1.29, 1.82) is 0 Å². The Labute approximate surface area is 150 Å². The number of Topliss-reactive ketones (excluding diaryl/α,β-unsaturated/α-hetero) is 1. The number of hydrogen-bond acceptors (Lipinski definition) is 5. The summed E-state index contributed by atoms with van der Waals surface area (Å²) in [6, 6.07) is 3.47. The van der Waals surface area contributed by atoms with Gasteiger partial charge in [0, 0.05) is 12.5 Å². The second-order valence-electron chi connectivity index (χ2n) is 5.94. The van der Waals surface area contributed by atoms with Gasteiger partial charge in [0.05, 0.1) is 15.6 Å². The van der Waals surface area contributed by atoms with Crippen molar-refractivity contribution in [2.24, 2.45) is 0 Å². The van der Waals surface area contributed by atoms with E-state index in [9.17, 15) is 14.4 Å². The summed E-state index contributed by atoms with van der Waals surface area (Å²) in [5, 5.41) is 2.91. The first-order chi connectivity index (χ1) is 11.5. The predicted molar refractivity (Wildman–Crippen MR) is 93.5 cm³/mol. The van der Waals surface area contributed by atoms with Crippen molar-refractivity contribution in [3.63, 3.8) is 0 Å². The molecule has 0 saturated heterocycles. The first-order valence-electron chi connectivity index (χ1n) is 8.28. The van der Waals surface area contributed by atoms with E-state index < -0.39 is 5.97 Å². The van der Waals surface area contributed by atoms with Crippen molar-refractivity contribution >= 4 is 40.6 Å². The summed E-state index contributed by atoms with van der Waals surface area (Å²) >= 11 is 6.96. The summed E-state index contributed by atoms with van der Waals surface area (Å²) in [6.45, 7) is -0.283. The van der Waals surface area contributed by atoms with Crippen LogP contribution in [-0.2, 0) is 14.3 Å². The van der Waals surface area contributed by atoms with E-state index in [1.54, 1.807) is 12.1 Å². The number of hydrogen-bond donors (Lipinski definition) is 1. The molecule has 1 heterocycles. The van der Waals surface area contributed by atoms with Gasteiger partial charge in [-0.05, 0) is 25.0 Å². The van der Waals surface area contributed by atoms with Gasteiger partial charge < -0.3 is 10.1 Å². The second kappa shape index (κ2) is 9.79. The van der Waals surface area contributed by atoms with Crippen LogP contribution in [0, 0.1) is 0 Å². The molecule has 1 aliphatic carbocycles. The van der Waals surface area contributed by atoms with Crippen molar-refractivity contribution in [3.05, 3.63) is 21.3 Å². The Hall–Kier alpha value is -1.40. The second-order valence-corrected chi connectivity index (χ2v) is 7.66. The van der Waals surface area contributed by atoms with Crippen LogP contribution in [0.4, 0.5) is 0 Å². The molecule has 1 amide bonds. The van der Waals surface area contributed by atoms with Gasteiger partial charge in [0.2, 0.25) is 0 Å². The number of nitrogens with one attached hydrogen (secondary N) is 1. The largest absolute Gasteiger partial charge is 0.456 e. The minimum Gasteiger partial charge on any atom is -0.456 e. The Morgan fingerprint density at radius 3 is 2.46 bits per heavy atom. The van der Waals surface area contributed by atoms with Crippen molar-refractivity contribution in [2.75, 3.05) is 6.61 Å². The van der Waals surface area contributed by atoms with E-state index >= 15 is 0 Å². The number of carbonyl (C=O) groups excluding carboxylic acids is 3. The van der Waals surface area contributed by atoms with Crippen LogP contribution in [0.2, 0.25) is 4.34 Å². The Kier molecular flexibility index (Phi) is 7.72. The fourth-order valence-corrected chi connectivity index (χ4v) is 3.72. The number of ketones is 1. The summed E-state index contributed by atoms with van der Waals surface area (Å²) in [5.41, 5.74) is 0. The third kappa shape index (κ3) is 6.61. The van der Waals surface area contributed by atoms with Gasteiger partial charge in [0.1, 0.15) is 0 Å². The molecule has 1 N–H and O–H groups in total. The first-order valence-corrected chi connectivity index (χ1v) is 9.47. The van der Waals surface area contributed by atoms with Crippen LogP contribution in [0.25, 0.3) is 0 Å². The number of thiophene rings is 1. The van der Waals surface area contributed by atoms with E-state index in [0.717, 1.165) is 25.7 Å². The highest BCUT2D eigenvalue weighted by molar-refractivity contribution is 7.18. The highest BCUT2D eigenvalue weighted by Crippen LogP contribution is 2.23. The van der Waals surface area contributed by atoms with Crippen LogP contribution < -0.4 is 5.32 Å². The fraction of sp³-hybridized carbons (Fsp3) is 0.588. The van der Waals surface area contributed by atoms with Gasteiger partial charge in [-0.15, -0.1) is 11.3 Å². The van der Waals surface area contributed by atoms with Gasteiger partial charge in [-0.2, -0.15) is 0 Å². The zero-order valence-corrected chi connectivity index (χ0v) is 15.1. The van der Waals surface area contributed by atoms with E-state index in [4.69, 9.17) is 16.3 Å². The highest BCUT2D eigenvalue weighted by atomic mass is 35.5. The molecule has 1 fully saturated rings. The highest BCUT2D eigenvalue weighted by Gasteiger charge is 2.16. The lowest BCUT2D eigenvalue weighted by atomic mass is 10.1. The third-order valence-electron chi connectivity index (χ3n) is 3.99. The SMILES string of the molecule is O=C(COC(=O)CCC(=O)c1ccc(Cl)s1)NC1CCCCCC1. The van der Waals surface area contributed by atoms with Crippen LogP contribution in [0.15, 0.2) is 12.1 Å². The van der Waals surface area contributed by atoms with Crippen LogP contribution in [0.5, 0.6) is 0 Å². The Balaban J connectivity index is 1.63. The molecule has 0 bridgehead atoms. The molecular weight excluding hydrogens is 350 g/mol. The molecule has 0 aliphatic heterocycles. The minimum atomic E-state index is -0.540. The molecule has 0 aromatic carbocycles. The standard InChI is InChI=1S/C17H22ClNO4S/c18-15-9-8-14(24-15)13(20)7-10-17(22)23-11-16(21)19-12-5-3-1-2-4-6-12/h8-9,12H,1-7,10-11H2,(H,19,21). The lowest BCUT2D eigenvalue weighted by Gasteiger charge is -2.16. The maximum absolute atomic E-state index is 11.9. The summed E-state index contributed by atoms with van der Waals surface area (Å²) < 4.78 is 5.48. The fourth-order valence-electron chi connectivity index (χ4n) is 2.71. The Morgan fingerprint density at radius 1 is 1.12 bits per heavy atom. The Morgan fingerprint density at radius 2 is 1.83 bits per heavy atom. The van der Waals surface area contributed by atoms with Crippen LogP contribution in [0.3, 0.4) is 0 Å². The molecule has 5 nitrogen and oxygen atoms in total. The molecule has 0 atom stereocenters. The number of amides is 1. The van der Waals surface area contributed by atoms with Crippen LogP contribution >= 0.6 is 22.9 Å². The molecule has 1 aliphatic rings. The minimum absolute atomic E-state index is 0.0366. The average Bonchev–Trinajstić information content (AvgIpc) is 2.83. The van der Waals surface area contributed by atoms with E-state index in [-0.39, 0.29) is 37.2 Å². The Bertz CT molecular complexity index is 579. The summed E-state index contributed by atoms with van der Waals surface area (Å²) in [7, 11) is 0. The molecule has 0 spiro atoms. The van der Waals surface area contributed by atoms with E-state index in [1.165, 1.54) is 24.2 Å². The number of carbonyl (C=O) groups is 3. The van der Waals surface area contributed by atoms with Gasteiger partial charge in [-0.3, -0.25) is 14.4 Å². The molecule has 1 saturated carbocycles. The number of rotatable bonds is 7. The maximum Gasteiger partial charge on any atom is 0.306 e. The normalized spacial score (nSPS) is 15.5. The molecule has 7 heteroatoms. The van der Waals surface area contributed by atoms with E-state index in [0.29, 0.717) is 9.21 Å². The first kappa shape index (κ1) is 18.9. The molecule has 2 rings (SSSR count). The molecule has 0 unspecified atom stereocenters. The van der Waals surface area contributed by atoms with Crippen molar-refractivity contribution in [1.82, 2.24) is 5.32 Å². The maximum atomic E-state index is 11.9. The molecule has 1 aromatic rings. The third-order valence-corrected chi connectivity index (χ3v) is 5.26. The van der Waals surface area contributed by atoms with E-state index in [1.807, 2.05) is 0 Å². The lowest BCUT2D eigenvalue weighted by molar-refractivity contribution is -0.148. The molecule has 1 aromatic heterocycles. The molecule has 0 radical (unpaired) electrons. The smallest absolute Gasteiger partial charge is 0.306 e. The summed E-state index contributed by atoms with van der Waals surface area (Å²) in [6.07, 6.45) is 6.66. The molecular formula is C17H22ClNO4S. The van der Waals surface area contributed by atoms with Crippen molar-refractivity contribution in [2.45, 2.75) is 57.4 Å². The van der Waals surface area contributed by atoms with Crippen LogP contribution in [0.1, 0.15) is 61.0 Å². The van der Waals surface area contributed by atoms with E-state index in [2.05, 4.69) is 5.32 Å². The van der Waals surface area contributed by atoms with Gasteiger partial charge in [-0.25, -0.2) is 0 Å². The zero-order valence-electron chi connectivity index (χ0n) is 13.5. The van der Waals surface area contributed by atoms with Gasteiger partial charge in [0.25, 0.3) is 5.91 Å². The number of halogens is 1. The van der Waals surface area contributed by atoms with Crippen LogP contribution in [-0.4, -0.2) is 30.3 Å². The van der Waals surface area contributed by atoms with Crippen molar-refractivity contribution < 1.29 is 19.1 Å². The lowest BCUT2D eigenvalue weighted by Crippen LogP contribution is -2.37. The average molecular weight is 372 g/mol. The monoisotopic (exact) mass is 371 g/mol. The number of esters is 1. The van der Waals surface area contributed by atoms with Gasteiger partial charge in [-0.1, -0.05) is 37.3 Å². The molecule has 24 heavy (non-hydrogen) atoms. The number of ether oxygens (including phenoxy) is 1. The molecule has 132 valence electrons.